The number of halogens is 2. The first-order chi connectivity index (χ1) is 12.6. The molecule has 0 atom stereocenters. The number of rotatable bonds is 4. The minimum atomic E-state index is -0.703. The number of aromatic nitrogens is 2. The smallest absolute Gasteiger partial charge is 0.264 e. The molecule has 26 heavy (non-hydrogen) atoms. The van der Waals surface area contributed by atoms with Crippen molar-refractivity contribution in [3.05, 3.63) is 88.0 Å². The van der Waals surface area contributed by atoms with Gasteiger partial charge in [-0.3, -0.25) is 9.36 Å². The maximum atomic E-state index is 13.6. The predicted octanol–water partition coefficient (Wildman–Crippen LogP) is 4.42. The molecule has 0 unspecified atom stereocenters. The molecule has 0 fully saturated rings. The Balaban J connectivity index is 0.00000117. The summed E-state index contributed by atoms with van der Waals surface area (Å²) in [6, 6.07) is 12.3. The molecule has 0 aliphatic heterocycles. The SMILES string of the molecule is CC.Cc1c(OCc2ccc(F)cc2F)ncn(-c2ccccc2)c1=O. The Hall–Kier alpha value is -3.02. The first-order valence-electron chi connectivity index (χ1n) is 8.26. The van der Waals surface area contributed by atoms with Gasteiger partial charge in [-0.2, -0.15) is 0 Å². The molecule has 3 rings (SSSR count). The van der Waals surface area contributed by atoms with Crippen LogP contribution in [-0.4, -0.2) is 9.55 Å². The van der Waals surface area contributed by atoms with E-state index in [0.717, 1.165) is 12.1 Å². The molecule has 0 aliphatic rings. The summed E-state index contributed by atoms with van der Waals surface area (Å²) < 4.78 is 33.3. The highest BCUT2D eigenvalue weighted by Crippen LogP contribution is 2.15. The van der Waals surface area contributed by atoms with Crippen molar-refractivity contribution in [3.63, 3.8) is 0 Å². The molecule has 0 radical (unpaired) electrons. The molecule has 3 aromatic rings. The summed E-state index contributed by atoms with van der Waals surface area (Å²) in [7, 11) is 0. The number of para-hydroxylation sites is 1. The second-order valence-electron chi connectivity index (χ2n) is 5.21. The minimum Gasteiger partial charge on any atom is -0.472 e. The molecule has 0 bridgehead atoms. The second-order valence-corrected chi connectivity index (χ2v) is 5.21. The van der Waals surface area contributed by atoms with E-state index in [1.165, 1.54) is 17.0 Å². The molecule has 0 saturated carbocycles. The summed E-state index contributed by atoms with van der Waals surface area (Å²) in [6.07, 6.45) is 1.36. The van der Waals surface area contributed by atoms with Gasteiger partial charge >= 0.3 is 0 Å². The molecule has 0 amide bonds. The van der Waals surface area contributed by atoms with Crippen LogP contribution in [-0.2, 0) is 6.61 Å². The van der Waals surface area contributed by atoms with Gasteiger partial charge < -0.3 is 4.74 Å². The monoisotopic (exact) mass is 358 g/mol. The van der Waals surface area contributed by atoms with Crippen molar-refractivity contribution in [1.82, 2.24) is 9.55 Å². The van der Waals surface area contributed by atoms with Crippen LogP contribution in [0.3, 0.4) is 0 Å². The Labute approximate surface area is 150 Å². The van der Waals surface area contributed by atoms with Crippen molar-refractivity contribution in [2.75, 3.05) is 0 Å². The Morgan fingerprint density at radius 3 is 2.42 bits per heavy atom. The highest BCUT2D eigenvalue weighted by Gasteiger charge is 2.11. The van der Waals surface area contributed by atoms with Gasteiger partial charge in [0.05, 0.1) is 11.3 Å². The summed E-state index contributed by atoms with van der Waals surface area (Å²) in [5.41, 5.74) is 0.911. The first-order valence-corrected chi connectivity index (χ1v) is 8.26. The highest BCUT2D eigenvalue weighted by atomic mass is 19.1. The van der Waals surface area contributed by atoms with E-state index >= 15 is 0 Å². The van der Waals surface area contributed by atoms with Crippen molar-refractivity contribution >= 4 is 0 Å². The van der Waals surface area contributed by atoms with Crippen LogP contribution in [0.4, 0.5) is 8.78 Å². The summed E-state index contributed by atoms with van der Waals surface area (Å²) in [5, 5.41) is 0. The third-order valence-corrected chi connectivity index (χ3v) is 3.56. The lowest BCUT2D eigenvalue weighted by atomic mass is 10.2. The van der Waals surface area contributed by atoms with Gasteiger partial charge in [-0.05, 0) is 31.2 Å². The van der Waals surface area contributed by atoms with Gasteiger partial charge in [0.25, 0.3) is 5.56 Å². The number of benzene rings is 2. The predicted molar refractivity (Wildman–Crippen MR) is 96.6 cm³/mol. The van der Waals surface area contributed by atoms with Crippen LogP contribution >= 0.6 is 0 Å². The van der Waals surface area contributed by atoms with Crippen LogP contribution in [0.2, 0.25) is 0 Å². The molecule has 0 N–H and O–H groups in total. The van der Waals surface area contributed by atoms with Crippen molar-refractivity contribution in [2.24, 2.45) is 0 Å². The third kappa shape index (κ3) is 4.33. The molecule has 1 heterocycles. The van der Waals surface area contributed by atoms with E-state index in [1.54, 1.807) is 19.1 Å². The first kappa shape index (κ1) is 19.3. The summed E-state index contributed by atoms with van der Waals surface area (Å²) in [5.74, 6) is -1.24. The van der Waals surface area contributed by atoms with E-state index in [0.29, 0.717) is 11.3 Å². The Bertz CT molecular complexity index is 925. The van der Waals surface area contributed by atoms with Crippen molar-refractivity contribution in [2.45, 2.75) is 27.4 Å². The molecule has 6 heteroatoms. The summed E-state index contributed by atoms with van der Waals surface area (Å²) in [6.45, 7) is 5.44. The fourth-order valence-corrected chi connectivity index (χ4v) is 2.23. The topological polar surface area (TPSA) is 44.1 Å². The van der Waals surface area contributed by atoms with Crippen LogP contribution in [0, 0.1) is 18.6 Å². The lowest BCUT2D eigenvalue weighted by Gasteiger charge is -2.11. The Morgan fingerprint density at radius 1 is 1.08 bits per heavy atom. The van der Waals surface area contributed by atoms with E-state index in [4.69, 9.17) is 4.74 Å². The van der Waals surface area contributed by atoms with Gasteiger partial charge in [0.15, 0.2) is 0 Å². The largest absolute Gasteiger partial charge is 0.472 e. The molecule has 1 aromatic heterocycles. The lowest BCUT2D eigenvalue weighted by molar-refractivity contribution is 0.284. The molecule has 2 aromatic carbocycles. The maximum absolute atomic E-state index is 13.6. The number of ether oxygens (including phenoxy) is 1. The zero-order valence-electron chi connectivity index (χ0n) is 14.9. The van der Waals surface area contributed by atoms with Gasteiger partial charge in [-0.25, -0.2) is 13.8 Å². The van der Waals surface area contributed by atoms with Gasteiger partial charge in [0.2, 0.25) is 5.88 Å². The zero-order valence-corrected chi connectivity index (χ0v) is 14.9. The van der Waals surface area contributed by atoms with Crippen molar-refractivity contribution < 1.29 is 13.5 Å². The van der Waals surface area contributed by atoms with Gasteiger partial charge in [0.1, 0.15) is 24.6 Å². The van der Waals surface area contributed by atoms with Crippen LogP contribution in [0.1, 0.15) is 25.0 Å². The summed E-state index contributed by atoms with van der Waals surface area (Å²) in [4.78, 5) is 16.6. The standard InChI is InChI=1S/C18H14F2N2O2.C2H6/c1-12-17(24-10-13-7-8-14(19)9-16(13)20)21-11-22(18(12)23)15-5-3-2-4-6-15;1-2/h2-9,11H,10H2,1H3;1-2H3. The molecule has 0 spiro atoms. The fraction of sp³-hybridized carbons (Fsp3) is 0.200. The van der Waals surface area contributed by atoms with Gasteiger partial charge in [-0.15, -0.1) is 0 Å². The zero-order chi connectivity index (χ0) is 19.1. The average molecular weight is 358 g/mol. The molecule has 4 nitrogen and oxygen atoms in total. The van der Waals surface area contributed by atoms with E-state index in [-0.39, 0.29) is 23.6 Å². The number of hydrogen-bond acceptors (Lipinski definition) is 3. The normalized spacial score (nSPS) is 10.0. The van der Waals surface area contributed by atoms with E-state index < -0.39 is 11.6 Å². The number of nitrogens with zero attached hydrogens (tertiary/aromatic N) is 2. The molecule has 136 valence electrons. The highest BCUT2D eigenvalue weighted by molar-refractivity contribution is 5.34. The molecular weight excluding hydrogens is 338 g/mol. The number of hydrogen-bond donors (Lipinski definition) is 0. The van der Waals surface area contributed by atoms with Crippen LogP contribution < -0.4 is 10.3 Å². The fourth-order valence-electron chi connectivity index (χ4n) is 2.23. The average Bonchev–Trinajstić information content (AvgIpc) is 2.66. The lowest BCUT2D eigenvalue weighted by Crippen LogP contribution is -2.22. The molecule has 0 saturated heterocycles. The van der Waals surface area contributed by atoms with Crippen molar-refractivity contribution in [1.29, 1.82) is 0 Å². The van der Waals surface area contributed by atoms with Gasteiger partial charge in [-0.1, -0.05) is 32.0 Å². The second kappa shape index (κ2) is 8.89. The van der Waals surface area contributed by atoms with Crippen LogP contribution in [0.15, 0.2) is 59.7 Å². The molecule has 0 aliphatic carbocycles. The van der Waals surface area contributed by atoms with E-state index in [9.17, 15) is 13.6 Å². The van der Waals surface area contributed by atoms with Crippen LogP contribution in [0.5, 0.6) is 5.88 Å². The van der Waals surface area contributed by atoms with E-state index in [1.807, 2.05) is 32.0 Å². The minimum absolute atomic E-state index is 0.121. The van der Waals surface area contributed by atoms with Gasteiger partial charge in [0, 0.05) is 11.6 Å². The van der Waals surface area contributed by atoms with Crippen molar-refractivity contribution in [3.8, 4) is 11.6 Å². The third-order valence-electron chi connectivity index (χ3n) is 3.56. The quantitative estimate of drug-likeness (QED) is 0.693. The Kier molecular flexibility index (Phi) is 6.60. The summed E-state index contributed by atoms with van der Waals surface area (Å²) >= 11 is 0. The van der Waals surface area contributed by atoms with E-state index in [2.05, 4.69) is 4.98 Å². The van der Waals surface area contributed by atoms with Crippen LogP contribution in [0.25, 0.3) is 5.69 Å². The maximum Gasteiger partial charge on any atom is 0.264 e. The molecular formula is C20H20F2N2O2. The Morgan fingerprint density at radius 2 is 1.77 bits per heavy atom.